The Kier molecular flexibility index (Phi) is 5.69. The molecule has 0 fully saturated rings. The Morgan fingerprint density at radius 2 is 1.82 bits per heavy atom. The summed E-state index contributed by atoms with van der Waals surface area (Å²) in [4.78, 5) is 11.8. The predicted octanol–water partition coefficient (Wildman–Crippen LogP) is 4.17. The first kappa shape index (κ1) is 16.2. The molecule has 0 saturated carbocycles. The van der Waals surface area contributed by atoms with Crippen LogP contribution >= 0.6 is 23.8 Å². The number of benzene rings is 2. The maximum Gasteiger partial charge on any atom is 0.250 e. The molecule has 0 aliphatic heterocycles. The van der Waals surface area contributed by atoms with Gasteiger partial charge >= 0.3 is 0 Å². The van der Waals surface area contributed by atoms with Crippen molar-refractivity contribution in [3.8, 4) is 0 Å². The molecule has 1 amide bonds. The summed E-state index contributed by atoms with van der Waals surface area (Å²) in [7, 11) is 0. The number of nitrogens with one attached hydrogen (secondary N) is 2. The van der Waals surface area contributed by atoms with Gasteiger partial charge in [0.15, 0.2) is 5.11 Å². The Balaban J connectivity index is 1.90. The maximum atomic E-state index is 11.8. The summed E-state index contributed by atoms with van der Waals surface area (Å²) in [6.07, 6.45) is 3.16. The number of carbonyl (C=O) groups excluding carboxylic acids is 1. The second-order valence-electron chi connectivity index (χ2n) is 4.67. The fraction of sp³-hybridized carbons (Fsp3) is 0.0588. The van der Waals surface area contributed by atoms with Gasteiger partial charge < -0.3 is 5.32 Å². The second-order valence-corrected chi connectivity index (χ2v) is 5.48. The number of rotatable bonds is 3. The van der Waals surface area contributed by atoms with E-state index < -0.39 is 0 Å². The minimum atomic E-state index is -0.301. The lowest BCUT2D eigenvalue weighted by atomic mass is 10.1. The monoisotopic (exact) mass is 330 g/mol. The fourth-order valence-corrected chi connectivity index (χ4v) is 2.11. The average molecular weight is 331 g/mol. The minimum absolute atomic E-state index is 0.201. The van der Waals surface area contributed by atoms with Crippen LogP contribution < -0.4 is 10.6 Å². The van der Waals surface area contributed by atoms with Crippen molar-refractivity contribution in [2.45, 2.75) is 6.92 Å². The highest BCUT2D eigenvalue weighted by molar-refractivity contribution is 7.80. The molecule has 2 N–H and O–H groups in total. The topological polar surface area (TPSA) is 41.1 Å². The number of anilines is 1. The summed E-state index contributed by atoms with van der Waals surface area (Å²) >= 11 is 11.1. The molecule has 0 unspecified atom stereocenters. The second kappa shape index (κ2) is 7.73. The van der Waals surface area contributed by atoms with Crippen LogP contribution in [-0.4, -0.2) is 11.0 Å². The highest BCUT2D eigenvalue weighted by atomic mass is 35.5. The van der Waals surface area contributed by atoms with E-state index in [-0.39, 0.29) is 11.0 Å². The van der Waals surface area contributed by atoms with Gasteiger partial charge in [0.05, 0.1) is 10.7 Å². The van der Waals surface area contributed by atoms with E-state index in [0.717, 1.165) is 5.56 Å². The fourth-order valence-electron chi connectivity index (χ4n) is 1.72. The highest BCUT2D eigenvalue weighted by Crippen LogP contribution is 2.20. The Labute approximate surface area is 140 Å². The van der Waals surface area contributed by atoms with Gasteiger partial charge in [-0.3, -0.25) is 10.1 Å². The number of carbonyl (C=O) groups is 1. The molecule has 112 valence electrons. The summed E-state index contributed by atoms with van der Waals surface area (Å²) in [5.41, 5.74) is 2.77. The Morgan fingerprint density at radius 1 is 1.14 bits per heavy atom. The van der Waals surface area contributed by atoms with Crippen molar-refractivity contribution in [3.63, 3.8) is 0 Å². The molecule has 0 saturated heterocycles. The summed E-state index contributed by atoms with van der Waals surface area (Å²) in [6.45, 7) is 2.01. The van der Waals surface area contributed by atoms with Crippen molar-refractivity contribution < 1.29 is 4.79 Å². The van der Waals surface area contributed by atoms with E-state index >= 15 is 0 Å². The molecule has 22 heavy (non-hydrogen) atoms. The number of amides is 1. The van der Waals surface area contributed by atoms with Gasteiger partial charge in [0, 0.05) is 6.08 Å². The van der Waals surface area contributed by atoms with Crippen LogP contribution in [0.5, 0.6) is 0 Å². The zero-order valence-corrected chi connectivity index (χ0v) is 13.5. The molecular weight excluding hydrogens is 316 g/mol. The molecule has 0 aromatic heterocycles. The zero-order chi connectivity index (χ0) is 15.9. The largest absolute Gasteiger partial charge is 0.331 e. The van der Waals surface area contributed by atoms with E-state index in [0.29, 0.717) is 10.7 Å². The lowest BCUT2D eigenvalue weighted by Gasteiger charge is -2.09. The maximum absolute atomic E-state index is 11.8. The van der Waals surface area contributed by atoms with Crippen LogP contribution in [-0.2, 0) is 4.79 Å². The molecule has 2 rings (SSSR count). The molecule has 0 spiro atoms. The lowest BCUT2D eigenvalue weighted by Crippen LogP contribution is -2.32. The van der Waals surface area contributed by atoms with E-state index in [2.05, 4.69) is 10.6 Å². The molecule has 2 aromatic rings. The quantitative estimate of drug-likeness (QED) is 0.655. The van der Waals surface area contributed by atoms with Gasteiger partial charge in [-0.15, -0.1) is 0 Å². The Morgan fingerprint density at radius 3 is 2.50 bits per heavy atom. The summed E-state index contributed by atoms with van der Waals surface area (Å²) in [5, 5.41) is 6.19. The average Bonchev–Trinajstić information content (AvgIpc) is 2.49. The van der Waals surface area contributed by atoms with Crippen LogP contribution in [0, 0.1) is 6.92 Å². The van der Waals surface area contributed by atoms with E-state index in [4.69, 9.17) is 23.8 Å². The van der Waals surface area contributed by atoms with Crippen molar-refractivity contribution in [3.05, 3.63) is 70.8 Å². The van der Waals surface area contributed by atoms with E-state index in [1.54, 1.807) is 18.2 Å². The normalized spacial score (nSPS) is 10.5. The molecule has 3 nitrogen and oxygen atoms in total. The van der Waals surface area contributed by atoms with Crippen molar-refractivity contribution in [1.29, 1.82) is 0 Å². The first-order chi connectivity index (χ1) is 10.5. The number of halogens is 1. The highest BCUT2D eigenvalue weighted by Gasteiger charge is 2.04. The van der Waals surface area contributed by atoms with Gasteiger partial charge in [-0.25, -0.2) is 0 Å². The lowest BCUT2D eigenvalue weighted by molar-refractivity contribution is -0.115. The van der Waals surface area contributed by atoms with Crippen LogP contribution in [0.2, 0.25) is 5.02 Å². The SMILES string of the molecule is Cc1ccc(C=CC(=O)NC(=S)Nc2ccccc2Cl)cc1. The van der Waals surface area contributed by atoms with Gasteiger partial charge in [0.1, 0.15) is 0 Å². The predicted molar refractivity (Wildman–Crippen MR) is 96.0 cm³/mol. The minimum Gasteiger partial charge on any atom is -0.331 e. The first-order valence-corrected chi connectivity index (χ1v) is 7.44. The van der Waals surface area contributed by atoms with E-state index in [9.17, 15) is 4.79 Å². The molecule has 0 heterocycles. The van der Waals surface area contributed by atoms with Gasteiger partial charge in [-0.2, -0.15) is 0 Å². The van der Waals surface area contributed by atoms with Crippen molar-refractivity contribution >= 4 is 46.6 Å². The molecule has 0 aliphatic carbocycles. The van der Waals surface area contributed by atoms with E-state index in [1.165, 1.54) is 11.6 Å². The van der Waals surface area contributed by atoms with Crippen LogP contribution in [0.25, 0.3) is 6.08 Å². The standard InChI is InChI=1S/C17H15ClN2OS/c1-12-6-8-13(9-7-12)10-11-16(21)20-17(22)19-15-5-3-2-4-14(15)18/h2-11H,1H3,(H2,19,20,21,22). The number of para-hydroxylation sites is 1. The van der Waals surface area contributed by atoms with Crippen LogP contribution in [0.3, 0.4) is 0 Å². The number of thiocarbonyl (C=S) groups is 1. The molecule has 2 aromatic carbocycles. The number of hydrogen-bond acceptors (Lipinski definition) is 2. The molecule has 0 bridgehead atoms. The van der Waals surface area contributed by atoms with Gasteiger partial charge in [-0.1, -0.05) is 53.6 Å². The van der Waals surface area contributed by atoms with Crippen molar-refractivity contribution in [1.82, 2.24) is 5.32 Å². The van der Waals surface area contributed by atoms with Crippen LogP contribution in [0.4, 0.5) is 5.69 Å². The van der Waals surface area contributed by atoms with Gasteiger partial charge in [0.2, 0.25) is 5.91 Å². The number of aryl methyl sites for hydroxylation is 1. The molecule has 0 atom stereocenters. The zero-order valence-electron chi connectivity index (χ0n) is 12.0. The van der Waals surface area contributed by atoms with E-state index in [1.807, 2.05) is 43.3 Å². The van der Waals surface area contributed by atoms with Crippen molar-refractivity contribution in [2.75, 3.05) is 5.32 Å². The third-order valence-corrected chi connectivity index (χ3v) is 3.40. The van der Waals surface area contributed by atoms with Gasteiger partial charge in [-0.05, 0) is 42.9 Å². The first-order valence-electron chi connectivity index (χ1n) is 6.66. The molecular formula is C17H15ClN2OS. The van der Waals surface area contributed by atoms with Crippen LogP contribution in [0.1, 0.15) is 11.1 Å². The molecule has 5 heteroatoms. The molecule has 0 radical (unpaired) electrons. The summed E-state index contributed by atoms with van der Waals surface area (Å²) in [5.74, 6) is -0.301. The smallest absolute Gasteiger partial charge is 0.250 e. The Bertz CT molecular complexity index is 711. The third kappa shape index (κ3) is 4.98. The Hall–Kier alpha value is -2.17. The summed E-state index contributed by atoms with van der Waals surface area (Å²) in [6, 6.07) is 15.0. The number of hydrogen-bond donors (Lipinski definition) is 2. The molecule has 0 aliphatic rings. The van der Waals surface area contributed by atoms with Gasteiger partial charge in [0.25, 0.3) is 0 Å². The third-order valence-electron chi connectivity index (χ3n) is 2.86. The van der Waals surface area contributed by atoms with Crippen molar-refractivity contribution in [2.24, 2.45) is 0 Å². The summed E-state index contributed by atoms with van der Waals surface area (Å²) < 4.78 is 0. The van der Waals surface area contributed by atoms with Crippen LogP contribution in [0.15, 0.2) is 54.6 Å².